The van der Waals surface area contributed by atoms with E-state index in [9.17, 15) is 10.2 Å². The van der Waals surface area contributed by atoms with Crippen molar-refractivity contribution in [3.8, 4) is 11.5 Å². The van der Waals surface area contributed by atoms with Gasteiger partial charge in [-0.2, -0.15) is 0 Å². The van der Waals surface area contributed by atoms with E-state index in [4.69, 9.17) is 0 Å². The summed E-state index contributed by atoms with van der Waals surface area (Å²) in [7, 11) is 0. The molecular formula is C13H19NO2. The van der Waals surface area contributed by atoms with Gasteiger partial charge in [0, 0.05) is 18.2 Å². The summed E-state index contributed by atoms with van der Waals surface area (Å²) in [5.41, 5.74) is 2.11. The predicted octanol–water partition coefficient (Wildman–Crippen LogP) is 2.13. The molecule has 88 valence electrons. The number of phenols is 2. The van der Waals surface area contributed by atoms with Crippen LogP contribution >= 0.6 is 0 Å². The van der Waals surface area contributed by atoms with Crippen molar-refractivity contribution in [2.75, 3.05) is 6.54 Å². The molecule has 1 atom stereocenters. The van der Waals surface area contributed by atoms with Gasteiger partial charge in [0.15, 0.2) is 11.5 Å². The van der Waals surface area contributed by atoms with Crippen LogP contribution in [-0.4, -0.2) is 22.8 Å². The highest BCUT2D eigenvalue weighted by molar-refractivity contribution is 5.52. The maximum absolute atomic E-state index is 9.74. The quantitative estimate of drug-likeness (QED) is 0.685. The minimum Gasteiger partial charge on any atom is -0.504 e. The summed E-state index contributed by atoms with van der Waals surface area (Å²) in [6, 6.07) is 4.00. The van der Waals surface area contributed by atoms with Crippen molar-refractivity contribution in [2.24, 2.45) is 0 Å². The second-order valence-corrected chi connectivity index (χ2v) is 4.80. The summed E-state index contributed by atoms with van der Waals surface area (Å²) < 4.78 is 0. The highest BCUT2D eigenvalue weighted by Gasteiger charge is 2.25. The molecule has 1 aliphatic carbocycles. The van der Waals surface area contributed by atoms with Crippen molar-refractivity contribution in [1.29, 1.82) is 0 Å². The molecule has 1 aliphatic rings. The average molecular weight is 221 g/mol. The summed E-state index contributed by atoms with van der Waals surface area (Å²) in [4.78, 5) is 0. The summed E-state index contributed by atoms with van der Waals surface area (Å²) >= 11 is 0. The monoisotopic (exact) mass is 221 g/mol. The molecular weight excluding hydrogens is 202 g/mol. The Hall–Kier alpha value is -1.22. The Balaban J connectivity index is 2.17. The summed E-state index contributed by atoms with van der Waals surface area (Å²) in [6.07, 6.45) is 1.91. The first-order valence-corrected chi connectivity index (χ1v) is 5.86. The SMILES string of the molecule is CC(C)NCC1CCc2c1ccc(O)c2O. The van der Waals surface area contributed by atoms with Gasteiger partial charge >= 0.3 is 0 Å². The number of hydrogen-bond donors (Lipinski definition) is 3. The van der Waals surface area contributed by atoms with E-state index in [2.05, 4.69) is 19.2 Å². The molecule has 1 unspecified atom stereocenters. The molecule has 1 aromatic carbocycles. The van der Waals surface area contributed by atoms with E-state index < -0.39 is 0 Å². The van der Waals surface area contributed by atoms with Crippen LogP contribution in [0.3, 0.4) is 0 Å². The third kappa shape index (κ3) is 2.00. The van der Waals surface area contributed by atoms with E-state index >= 15 is 0 Å². The van der Waals surface area contributed by atoms with E-state index in [0.717, 1.165) is 24.9 Å². The van der Waals surface area contributed by atoms with Gasteiger partial charge in [-0.05, 0) is 30.4 Å². The van der Waals surface area contributed by atoms with Crippen LogP contribution in [0.2, 0.25) is 0 Å². The van der Waals surface area contributed by atoms with E-state index in [1.807, 2.05) is 6.07 Å². The number of phenolic OH excluding ortho intramolecular Hbond substituents is 2. The third-order valence-corrected chi connectivity index (χ3v) is 3.25. The first-order valence-electron chi connectivity index (χ1n) is 5.86. The van der Waals surface area contributed by atoms with Crippen molar-refractivity contribution in [2.45, 2.75) is 38.6 Å². The molecule has 0 bridgehead atoms. The molecule has 3 heteroatoms. The topological polar surface area (TPSA) is 52.5 Å². The zero-order valence-corrected chi connectivity index (χ0v) is 9.83. The maximum Gasteiger partial charge on any atom is 0.160 e. The number of rotatable bonds is 3. The number of aromatic hydroxyl groups is 2. The first-order chi connectivity index (χ1) is 7.59. The van der Waals surface area contributed by atoms with E-state index in [1.54, 1.807) is 6.07 Å². The summed E-state index contributed by atoms with van der Waals surface area (Å²) in [5, 5.41) is 22.6. The summed E-state index contributed by atoms with van der Waals surface area (Å²) in [6.45, 7) is 5.20. The van der Waals surface area contributed by atoms with Gasteiger partial charge in [-0.25, -0.2) is 0 Å². The second-order valence-electron chi connectivity index (χ2n) is 4.80. The molecule has 0 aromatic heterocycles. The van der Waals surface area contributed by atoms with Crippen LogP contribution < -0.4 is 5.32 Å². The predicted molar refractivity (Wildman–Crippen MR) is 64.0 cm³/mol. The lowest BCUT2D eigenvalue weighted by Crippen LogP contribution is -2.27. The van der Waals surface area contributed by atoms with Gasteiger partial charge in [0.1, 0.15) is 0 Å². The first kappa shape index (κ1) is 11.3. The van der Waals surface area contributed by atoms with Crippen LogP contribution in [0, 0.1) is 0 Å². The van der Waals surface area contributed by atoms with Crippen LogP contribution in [0.25, 0.3) is 0 Å². The normalized spacial score (nSPS) is 19.1. The van der Waals surface area contributed by atoms with Crippen LogP contribution in [0.1, 0.15) is 37.3 Å². The third-order valence-electron chi connectivity index (χ3n) is 3.25. The Morgan fingerprint density at radius 3 is 2.81 bits per heavy atom. The largest absolute Gasteiger partial charge is 0.504 e. The average Bonchev–Trinajstić information content (AvgIpc) is 2.64. The van der Waals surface area contributed by atoms with Crippen LogP contribution in [0.15, 0.2) is 12.1 Å². The van der Waals surface area contributed by atoms with Crippen molar-refractivity contribution in [1.82, 2.24) is 5.32 Å². The lowest BCUT2D eigenvalue weighted by atomic mass is 10.0. The highest BCUT2D eigenvalue weighted by Crippen LogP contribution is 2.41. The number of nitrogens with one attached hydrogen (secondary N) is 1. The van der Waals surface area contributed by atoms with Crippen molar-refractivity contribution in [3.63, 3.8) is 0 Å². The molecule has 16 heavy (non-hydrogen) atoms. The molecule has 0 heterocycles. The minimum atomic E-state index is -0.00350. The zero-order valence-electron chi connectivity index (χ0n) is 9.83. The van der Waals surface area contributed by atoms with Gasteiger partial charge in [-0.3, -0.25) is 0 Å². The Labute approximate surface area is 96.1 Å². The van der Waals surface area contributed by atoms with Crippen molar-refractivity contribution >= 4 is 0 Å². The molecule has 1 aromatic rings. The molecule has 2 rings (SSSR count). The van der Waals surface area contributed by atoms with Gasteiger partial charge < -0.3 is 15.5 Å². The molecule has 0 radical (unpaired) electrons. The molecule has 0 saturated heterocycles. The van der Waals surface area contributed by atoms with Crippen LogP contribution in [-0.2, 0) is 6.42 Å². The van der Waals surface area contributed by atoms with Gasteiger partial charge in [-0.1, -0.05) is 19.9 Å². The minimum absolute atomic E-state index is 0.00350. The highest BCUT2D eigenvalue weighted by atomic mass is 16.3. The Morgan fingerprint density at radius 2 is 2.12 bits per heavy atom. The second kappa shape index (κ2) is 4.34. The molecule has 0 fully saturated rings. The van der Waals surface area contributed by atoms with E-state index in [1.165, 1.54) is 5.56 Å². The molecule has 0 amide bonds. The molecule has 0 saturated carbocycles. The standard InChI is InChI=1S/C13H19NO2/c1-8(2)14-7-9-3-4-11-10(9)5-6-12(15)13(11)16/h5-6,8-9,14-16H,3-4,7H2,1-2H3. The Bertz CT molecular complexity index is 388. The number of benzene rings is 1. The fraction of sp³-hybridized carbons (Fsp3) is 0.538. The lowest BCUT2D eigenvalue weighted by Gasteiger charge is -2.15. The maximum atomic E-state index is 9.74. The summed E-state index contributed by atoms with van der Waals surface area (Å²) in [5.74, 6) is 0.532. The molecule has 3 nitrogen and oxygen atoms in total. The van der Waals surface area contributed by atoms with E-state index in [0.29, 0.717) is 12.0 Å². The molecule has 3 N–H and O–H groups in total. The molecule has 0 aliphatic heterocycles. The van der Waals surface area contributed by atoms with Gasteiger partial charge in [0.25, 0.3) is 0 Å². The number of hydrogen-bond acceptors (Lipinski definition) is 3. The Morgan fingerprint density at radius 1 is 1.38 bits per heavy atom. The smallest absolute Gasteiger partial charge is 0.160 e. The molecule has 0 spiro atoms. The zero-order chi connectivity index (χ0) is 11.7. The van der Waals surface area contributed by atoms with Crippen LogP contribution in [0.4, 0.5) is 0 Å². The number of fused-ring (bicyclic) bond motifs is 1. The van der Waals surface area contributed by atoms with Gasteiger partial charge in [-0.15, -0.1) is 0 Å². The van der Waals surface area contributed by atoms with Crippen molar-refractivity contribution in [3.05, 3.63) is 23.3 Å². The van der Waals surface area contributed by atoms with Crippen LogP contribution in [0.5, 0.6) is 11.5 Å². The lowest BCUT2D eigenvalue weighted by molar-refractivity contribution is 0.400. The van der Waals surface area contributed by atoms with Crippen molar-refractivity contribution < 1.29 is 10.2 Å². The van der Waals surface area contributed by atoms with E-state index in [-0.39, 0.29) is 11.5 Å². The van der Waals surface area contributed by atoms with Gasteiger partial charge in [0.2, 0.25) is 0 Å². The van der Waals surface area contributed by atoms with Gasteiger partial charge in [0.05, 0.1) is 0 Å². The Kier molecular flexibility index (Phi) is 3.06. The fourth-order valence-electron chi connectivity index (χ4n) is 2.35. The fourth-order valence-corrected chi connectivity index (χ4v) is 2.35.